The lowest BCUT2D eigenvalue weighted by Crippen LogP contribution is -2.52. The third-order valence-electron chi connectivity index (χ3n) is 7.56. The molecule has 0 aliphatic carbocycles. The number of benzene rings is 2. The molecule has 0 spiro atoms. The van der Waals surface area contributed by atoms with Gasteiger partial charge in [-0.3, -0.25) is 9.69 Å². The molecule has 37 heavy (non-hydrogen) atoms. The molecule has 7 heteroatoms. The first-order valence-electron chi connectivity index (χ1n) is 13.0. The summed E-state index contributed by atoms with van der Waals surface area (Å²) in [5, 5.41) is 21.0. The van der Waals surface area contributed by atoms with Gasteiger partial charge < -0.3 is 14.7 Å². The molecule has 1 aliphatic heterocycles. The molecule has 0 saturated carbocycles. The number of rotatable bonds is 9. The number of aliphatic hydroxyl groups excluding tert-OH is 1. The minimum atomic E-state index is -0.775. The second-order valence-corrected chi connectivity index (χ2v) is 10.6. The molecule has 4 atom stereocenters. The molecule has 2 aromatic carbocycles. The molecule has 1 N–H and O–H groups in total. The Hall–Kier alpha value is -3.37. The number of likely N-dealkylation sites (tertiary alicyclic amines) is 1. The first kappa shape index (κ1) is 28.2. The van der Waals surface area contributed by atoms with Crippen molar-refractivity contribution in [2.24, 2.45) is 5.92 Å². The molecule has 0 bridgehead atoms. The molecule has 0 radical (unpaired) electrons. The summed E-state index contributed by atoms with van der Waals surface area (Å²) in [6, 6.07) is 18.0. The summed E-state index contributed by atoms with van der Waals surface area (Å²) in [7, 11) is 1.58. The van der Waals surface area contributed by atoms with Crippen LogP contribution in [0.1, 0.15) is 56.7 Å². The van der Waals surface area contributed by atoms with Crippen LogP contribution in [0.25, 0.3) is 0 Å². The van der Waals surface area contributed by atoms with Crippen molar-refractivity contribution in [3.63, 3.8) is 0 Å². The Morgan fingerprint density at radius 1 is 1.14 bits per heavy atom. The highest BCUT2D eigenvalue weighted by atomic mass is 16.6. The van der Waals surface area contributed by atoms with Crippen molar-refractivity contribution in [1.82, 2.24) is 9.80 Å². The topological polar surface area (TPSA) is 93.9 Å². The minimum absolute atomic E-state index is 0.109. The summed E-state index contributed by atoms with van der Waals surface area (Å²) in [5.74, 6) is 0.0420. The monoisotopic (exact) mass is 505 g/mol. The Morgan fingerprint density at radius 2 is 1.78 bits per heavy atom. The van der Waals surface area contributed by atoms with Crippen LogP contribution in [0.3, 0.4) is 0 Å². The first-order chi connectivity index (χ1) is 17.6. The summed E-state index contributed by atoms with van der Waals surface area (Å²) in [5.41, 5.74) is 2.04. The van der Waals surface area contributed by atoms with E-state index < -0.39 is 29.7 Å². The molecule has 198 valence electrons. The van der Waals surface area contributed by atoms with Crippen molar-refractivity contribution >= 4 is 12.0 Å². The van der Waals surface area contributed by atoms with Gasteiger partial charge >= 0.3 is 6.09 Å². The summed E-state index contributed by atoms with van der Waals surface area (Å²) in [6.45, 7) is 8.15. The lowest BCUT2D eigenvalue weighted by atomic mass is 9.73. The van der Waals surface area contributed by atoms with Crippen molar-refractivity contribution in [2.75, 3.05) is 13.6 Å². The van der Waals surface area contributed by atoms with Gasteiger partial charge in [-0.05, 0) is 55.7 Å². The predicted molar refractivity (Wildman–Crippen MR) is 143 cm³/mol. The molecule has 2 amide bonds. The molecule has 1 fully saturated rings. The van der Waals surface area contributed by atoms with Gasteiger partial charge in [0.05, 0.1) is 12.2 Å². The predicted octanol–water partition coefficient (Wildman–Crippen LogP) is 4.81. The number of carbonyl (C=O) groups excluding carboxylic acids is 2. The third-order valence-corrected chi connectivity index (χ3v) is 7.56. The van der Waals surface area contributed by atoms with Crippen molar-refractivity contribution < 1.29 is 19.4 Å². The van der Waals surface area contributed by atoms with Gasteiger partial charge in [-0.1, -0.05) is 68.4 Å². The number of carbonyl (C=O) groups is 2. The van der Waals surface area contributed by atoms with Crippen molar-refractivity contribution in [1.29, 1.82) is 5.26 Å². The van der Waals surface area contributed by atoms with E-state index in [0.717, 1.165) is 23.1 Å². The number of amides is 2. The number of hydrogen-bond acceptors (Lipinski definition) is 5. The molecule has 3 rings (SSSR count). The maximum absolute atomic E-state index is 14.0. The zero-order valence-corrected chi connectivity index (χ0v) is 22.6. The van der Waals surface area contributed by atoms with Crippen LogP contribution < -0.4 is 0 Å². The Kier molecular flexibility index (Phi) is 9.34. The van der Waals surface area contributed by atoms with E-state index in [-0.39, 0.29) is 19.1 Å². The van der Waals surface area contributed by atoms with Crippen LogP contribution >= 0.6 is 0 Å². The molecular formula is C30H39N3O4. The second kappa shape index (κ2) is 12.2. The van der Waals surface area contributed by atoms with Crippen LogP contribution in [0.2, 0.25) is 0 Å². The van der Waals surface area contributed by atoms with Gasteiger partial charge in [0.1, 0.15) is 18.7 Å². The Bertz CT molecular complexity index is 1110. The van der Waals surface area contributed by atoms with E-state index in [4.69, 9.17) is 4.74 Å². The van der Waals surface area contributed by atoms with Crippen LogP contribution in [-0.2, 0) is 21.6 Å². The average molecular weight is 506 g/mol. The largest absolute Gasteiger partial charge is 0.445 e. The summed E-state index contributed by atoms with van der Waals surface area (Å²) in [6.07, 6.45) is 0.159. The molecule has 1 unspecified atom stereocenters. The van der Waals surface area contributed by atoms with Gasteiger partial charge in [-0.15, -0.1) is 0 Å². The number of aryl methyl sites for hydroxylation is 1. The number of aliphatic hydroxyl groups is 1. The molecule has 1 saturated heterocycles. The summed E-state index contributed by atoms with van der Waals surface area (Å²) >= 11 is 0. The fourth-order valence-electron chi connectivity index (χ4n) is 5.25. The van der Waals surface area contributed by atoms with Crippen LogP contribution in [0, 0.1) is 24.2 Å². The van der Waals surface area contributed by atoms with Crippen LogP contribution in [-0.4, -0.2) is 58.7 Å². The van der Waals surface area contributed by atoms with Gasteiger partial charge in [0, 0.05) is 19.0 Å². The average Bonchev–Trinajstić information content (AvgIpc) is 3.29. The quantitative estimate of drug-likeness (QED) is 0.528. The number of ether oxygens (including phenoxy) is 1. The van der Waals surface area contributed by atoms with Crippen molar-refractivity contribution in [2.45, 2.75) is 77.2 Å². The van der Waals surface area contributed by atoms with Gasteiger partial charge in [-0.2, -0.15) is 5.26 Å². The molecule has 0 aromatic heterocycles. The van der Waals surface area contributed by atoms with E-state index in [2.05, 4.69) is 19.9 Å². The fourth-order valence-corrected chi connectivity index (χ4v) is 5.25. The maximum atomic E-state index is 14.0. The second-order valence-electron chi connectivity index (χ2n) is 10.6. The summed E-state index contributed by atoms with van der Waals surface area (Å²) in [4.78, 5) is 29.9. The lowest BCUT2D eigenvalue weighted by Gasteiger charge is -2.35. The van der Waals surface area contributed by atoms with Crippen LogP contribution in [0.4, 0.5) is 4.79 Å². The molecule has 7 nitrogen and oxygen atoms in total. The standard InChI is InChI=1S/C30H39N3O4/c1-21(2)15-16-27(32(5)29(36)37-19-24-12-7-6-8-13-24)28(35)33-20-30(23(4)34,17-25(33)18-31)26-14-10-9-11-22(26)3/h6-14,21,23,25,27,34H,15-17,19-20H2,1-5H3/t23?,25-,27-,30+/m0/s1. The van der Waals surface area contributed by atoms with Crippen LogP contribution in [0.5, 0.6) is 0 Å². The van der Waals surface area contributed by atoms with E-state index in [1.165, 1.54) is 4.90 Å². The van der Waals surface area contributed by atoms with E-state index in [0.29, 0.717) is 18.8 Å². The van der Waals surface area contributed by atoms with E-state index in [1.807, 2.05) is 61.5 Å². The van der Waals surface area contributed by atoms with Gasteiger partial charge in [0.15, 0.2) is 0 Å². The Morgan fingerprint density at radius 3 is 2.38 bits per heavy atom. The van der Waals surface area contributed by atoms with E-state index >= 15 is 0 Å². The number of nitrogens with zero attached hydrogens (tertiary/aromatic N) is 3. The Balaban J connectivity index is 1.87. The fraction of sp³-hybridized carbons (Fsp3) is 0.500. The van der Waals surface area contributed by atoms with Crippen LogP contribution in [0.15, 0.2) is 54.6 Å². The highest BCUT2D eigenvalue weighted by Gasteiger charge is 2.52. The SMILES string of the molecule is Cc1ccccc1[C@]1(C(C)O)C[C@@H](C#N)N(C(=O)[C@H](CCC(C)C)N(C)C(=O)OCc2ccccc2)C1. The molecule has 1 aliphatic rings. The first-order valence-corrected chi connectivity index (χ1v) is 13.0. The zero-order chi connectivity index (χ0) is 27.2. The van der Waals surface area contributed by atoms with Crippen molar-refractivity contribution in [3.05, 3.63) is 71.3 Å². The van der Waals surface area contributed by atoms with Gasteiger partial charge in [-0.25, -0.2) is 4.79 Å². The summed E-state index contributed by atoms with van der Waals surface area (Å²) < 4.78 is 5.52. The smallest absolute Gasteiger partial charge is 0.410 e. The molecule has 2 aromatic rings. The normalized spacial score (nSPS) is 20.8. The Labute approximate surface area is 220 Å². The van der Waals surface area contributed by atoms with Crippen molar-refractivity contribution in [3.8, 4) is 6.07 Å². The van der Waals surface area contributed by atoms with E-state index in [1.54, 1.807) is 18.9 Å². The minimum Gasteiger partial charge on any atom is -0.445 e. The number of likely N-dealkylation sites (N-methyl/N-ethyl adjacent to an activating group) is 1. The third kappa shape index (κ3) is 6.31. The number of hydrogen-bond donors (Lipinski definition) is 1. The zero-order valence-electron chi connectivity index (χ0n) is 22.6. The van der Waals surface area contributed by atoms with Gasteiger partial charge in [0.25, 0.3) is 0 Å². The number of nitriles is 1. The van der Waals surface area contributed by atoms with Gasteiger partial charge in [0.2, 0.25) is 5.91 Å². The highest BCUT2D eigenvalue weighted by Crippen LogP contribution is 2.42. The molecular weight excluding hydrogens is 466 g/mol. The highest BCUT2D eigenvalue weighted by molar-refractivity contribution is 5.86. The lowest BCUT2D eigenvalue weighted by molar-refractivity contribution is -0.136. The van der Waals surface area contributed by atoms with E-state index in [9.17, 15) is 20.0 Å². The maximum Gasteiger partial charge on any atom is 0.410 e. The molecule has 1 heterocycles.